The Hall–Kier alpha value is -4.21. The van der Waals surface area contributed by atoms with E-state index in [1.807, 2.05) is 28.9 Å². The minimum Gasteiger partial charge on any atom is -0.481 e. The first-order valence-electron chi connectivity index (χ1n) is 12.1. The van der Waals surface area contributed by atoms with Crippen LogP contribution in [0.25, 0.3) is 22.0 Å². The van der Waals surface area contributed by atoms with Crippen molar-refractivity contribution in [3.63, 3.8) is 0 Å². The highest BCUT2D eigenvalue weighted by Gasteiger charge is 2.30. The number of carbonyl (C=O) groups excluding carboxylic acids is 1. The van der Waals surface area contributed by atoms with Crippen LogP contribution >= 0.6 is 0 Å². The summed E-state index contributed by atoms with van der Waals surface area (Å²) in [4.78, 5) is 27.2. The Kier molecular flexibility index (Phi) is 7.80. The predicted molar refractivity (Wildman–Crippen MR) is 137 cm³/mol. The van der Waals surface area contributed by atoms with E-state index >= 15 is 0 Å². The molecule has 0 spiro atoms. The van der Waals surface area contributed by atoms with Crippen LogP contribution in [0, 0.1) is 5.92 Å². The molecule has 2 heterocycles. The summed E-state index contributed by atoms with van der Waals surface area (Å²) in [6.07, 6.45) is -0.444. The number of amides is 1. The van der Waals surface area contributed by atoms with Gasteiger partial charge in [0.05, 0.1) is 29.7 Å². The van der Waals surface area contributed by atoms with Gasteiger partial charge in [-0.2, -0.15) is 18.3 Å². The lowest BCUT2D eigenvalue weighted by molar-refractivity contribution is -0.138. The van der Waals surface area contributed by atoms with E-state index in [9.17, 15) is 22.8 Å². The van der Waals surface area contributed by atoms with E-state index in [0.29, 0.717) is 11.5 Å². The molecule has 2 aromatic carbocycles. The molecule has 2 N–H and O–H groups in total. The number of hydrogen-bond donors (Lipinski definition) is 2. The number of halogens is 3. The summed E-state index contributed by atoms with van der Waals surface area (Å²) in [6.45, 7) is 4.21. The molecule has 0 saturated heterocycles. The lowest BCUT2D eigenvalue weighted by Gasteiger charge is -2.21. The molecule has 10 heteroatoms. The third kappa shape index (κ3) is 6.19. The fourth-order valence-electron chi connectivity index (χ4n) is 4.27. The first-order chi connectivity index (χ1) is 18.0. The second-order valence-electron chi connectivity index (χ2n) is 9.46. The molecule has 1 amide bonds. The lowest BCUT2D eigenvalue weighted by atomic mass is 9.97. The summed E-state index contributed by atoms with van der Waals surface area (Å²) in [6, 6.07) is 14.0. The number of nitrogens with zero attached hydrogens (tertiary/aromatic N) is 3. The summed E-state index contributed by atoms with van der Waals surface area (Å²) in [5.41, 5.74) is 2.68. The highest BCUT2D eigenvalue weighted by atomic mass is 19.4. The monoisotopic (exact) mass is 524 g/mol. The first-order valence-corrected chi connectivity index (χ1v) is 12.1. The molecule has 198 valence electrons. The molecule has 1 unspecified atom stereocenters. The van der Waals surface area contributed by atoms with Crippen LogP contribution in [-0.4, -0.2) is 38.3 Å². The normalized spacial score (nSPS) is 12.6. The van der Waals surface area contributed by atoms with Crippen LogP contribution in [0.1, 0.15) is 54.3 Å². The third-order valence-corrected chi connectivity index (χ3v) is 6.16. The van der Waals surface area contributed by atoms with Crippen molar-refractivity contribution in [3.05, 3.63) is 83.8 Å². The van der Waals surface area contributed by atoms with Crippen LogP contribution < -0.4 is 5.32 Å². The average Bonchev–Trinajstić information content (AvgIpc) is 3.29. The number of rotatable bonds is 9. The van der Waals surface area contributed by atoms with Crippen LogP contribution in [0.5, 0.6) is 0 Å². The van der Waals surface area contributed by atoms with Gasteiger partial charge in [-0.05, 0) is 59.4 Å². The first kappa shape index (κ1) is 26.8. The van der Waals surface area contributed by atoms with Gasteiger partial charge < -0.3 is 10.4 Å². The highest BCUT2D eigenvalue weighted by molar-refractivity contribution is 5.92. The van der Waals surface area contributed by atoms with Gasteiger partial charge in [-0.3, -0.25) is 19.3 Å². The van der Waals surface area contributed by atoms with E-state index in [-0.39, 0.29) is 24.7 Å². The van der Waals surface area contributed by atoms with E-state index in [1.165, 1.54) is 12.1 Å². The van der Waals surface area contributed by atoms with Crippen molar-refractivity contribution < 1.29 is 27.9 Å². The van der Waals surface area contributed by atoms with Crippen LogP contribution in [0.3, 0.4) is 0 Å². The quantitative estimate of drug-likeness (QED) is 0.282. The fourth-order valence-corrected chi connectivity index (χ4v) is 4.27. The van der Waals surface area contributed by atoms with Crippen LogP contribution in [0.4, 0.5) is 13.2 Å². The number of benzene rings is 2. The number of aromatic nitrogens is 3. The van der Waals surface area contributed by atoms with E-state index in [0.717, 1.165) is 40.6 Å². The second-order valence-corrected chi connectivity index (χ2v) is 9.46. The van der Waals surface area contributed by atoms with E-state index < -0.39 is 23.6 Å². The van der Waals surface area contributed by atoms with Crippen LogP contribution in [0.2, 0.25) is 0 Å². The maximum Gasteiger partial charge on any atom is 0.416 e. The number of hydrogen-bond acceptors (Lipinski definition) is 4. The Bertz CT molecular complexity index is 1430. The topological polar surface area (TPSA) is 97.1 Å². The molecule has 1 atom stereocenters. The molecule has 0 aliphatic carbocycles. The maximum absolute atomic E-state index is 12.9. The smallest absolute Gasteiger partial charge is 0.416 e. The van der Waals surface area contributed by atoms with Gasteiger partial charge in [0.15, 0.2) is 0 Å². The van der Waals surface area contributed by atoms with Gasteiger partial charge >= 0.3 is 12.1 Å². The fraction of sp³-hybridized carbons (Fsp3) is 0.286. The number of fused-ring (bicyclic) bond motifs is 1. The second kappa shape index (κ2) is 11.0. The maximum atomic E-state index is 12.9. The Labute approximate surface area is 217 Å². The van der Waals surface area contributed by atoms with Gasteiger partial charge in [0.1, 0.15) is 5.69 Å². The summed E-state index contributed by atoms with van der Waals surface area (Å²) < 4.78 is 40.7. The van der Waals surface area contributed by atoms with Crippen molar-refractivity contribution in [1.29, 1.82) is 0 Å². The molecule has 0 aliphatic heterocycles. The molecule has 0 bridgehead atoms. The van der Waals surface area contributed by atoms with Crippen molar-refractivity contribution in [1.82, 2.24) is 20.1 Å². The molecule has 0 aliphatic rings. The SMILES string of the molecule is CC(C)CC(c1ccc(C(=O)NCCC(=O)O)nc1)n1ncc2cc(-c3ccc(C(F)(F)F)cc3)ccc21. The van der Waals surface area contributed by atoms with Crippen molar-refractivity contribution in [2.45, 2.75) is 38.9 Å². The zero-order chi connectivity index (χ0) is 27.4. The summed E-state index contributed by atoms with van der Waals surface area (Å²) in [5, 5.41) is 16.7. The van der Waals surface area contributed by atoms with E-state index in [2.05, 4.69) is 29.2 Å². The summed E-state index contributed by atoms with van der Waals surface area (Å²) in [5.74, 6) is -1.12. The number of nitrogens with one attached hydrogen (secondary N) is 1. The molecule has 0 saturated carbocycles. The van der Waals surface area contributed by atoms with Gasteiger partial charge in [-0.15, -0.1) is 0 Å². The number of carboxylic acids is 1. The largest absolute Gasteiger partial charge is 0.481 e. The molecule has 2 aromatic heterocycles. The van der Waals surface area contributed by atoms with Crippen molar-refractivity contribution in [2.75, 3.05) is 6.54 Å². The summed E-state index contributed by atoms with van der Waals surface area (Å²) >= 11 is 0. The van der Waals surface area contributed by atoms with Crippen molar-refractivity contribution in [3.8, 4) is 11.1 Å². The molecule has 38 heavy (non-hydrogen) atoms. The Morgan fingerprint density at radius 3 is 2.32 bits per heavy atom. The molecular weight excluding hydrogens is 497 g/mol. The summed E-state index contributed by atoms with van der Waals surface area (Å²) in [7, 11) is 0. The lowest BCUT2D eigenvalue weighted by Crippen LogP contribution is -2.27. The number of carboxylic acid groups (broad SMARTS) is 1. The third-order valence-electron chi connectivity index (χ3n) is 6.16. The highest BCUT2D eigenvalue weighted by Crippen LogP contribution is 2.33. The molecule has 4 aromatic rings. The standard InChI is InChI=1S/C28H27F3N4O3/c1-17(2)13-25(20-5-9-23(33-15-20)27(38)32-12-11-26(36)37)35-24-10-6-19(14-21(24)16-34-35)18-3-7-22(8-4-18)28(29,30)31/h3-10,14-17,25H,11-13H2,1-2H3,(H,32,38)(H,36,37). The van der Waals surface area contributed by atoms with Gasteiger partial charge in [0.2, 0.25) is 0 Å². The number of aliphatic carboxylic acids is 1. The predicted octanol–water partition coefficient (Wildman–Crippen LogP) is 5.96. The van der Waals surface area contributed by atoms with Gasteiger partial charge in [-0.1, -0.05) is 38.1 Å². The average molecular weight is 525 g/mol. The van der Waals surface area contributed by atoms with Gasteiger partial charge in [0.25, 0.3) is 5.91 Å². The minimum atomic E-state index is -4.38. The molecule has 0 fully saturated rings. The molecule has 7 nitrogen and oxygen atoms in total. The molecule has 4 rings (SSSR count). The minimum absolute atomic E-state index is 0.0152. The van der Waals surface area contributed by atoms with Gasteiger partial charge in [0, 0.05) is 18.1 Å². The number of carbonyl (C=O) groups is 2. The van der Waals surface area contributed by atoms with Crippen LogP contribution in [0.15, 0.2) is 67.0 Å². The Morgan fingerprint density at radius 2 is 1.71 bits per heavy atom. The zero-order valence-electron chi connectivity index (χ0n) is 20.9. The Balaban J connectivity index is 1.60. The van der Waals surface area contributed by atoms with Crippen molar-refractivity contribution in [2.24, 2.45) is 5.92 Å². The van der Waals surface area contributed by atoms with E-state index in [1.54, 1.807) is 18.5 Å². The van der Waals surface area contributed by atoms with Crippen LogP contribution in [-0.2, 0) is 11.0 Å². The number of alkyl halides is 3. The molecule has 0 radical (unpaired) electrons. The van der Waals surface area contributed by atoms with Gasteiger partial charge in [-0.25, -0.2) is 0 Å². The Morgan fingerprint density at radius 1 is 1.00 bits per heavy atom. The zero-order valence-corrected chi connectivity index (χ0v) is 20.9. The molecular formula is C28H27F3N4O3. The number of pyridine rings is 1. The van der Waals surface area contributed by atoms with E-state index in [4.69, 9.17) is 5.11 Å². The van der Waals surface area contributed by atoms with Crippen molar-refractivity contribution >= 4 is 22.8 Å².